The number of hydrogen-bond donors (Lipinski definition) is 2. The highest BCUT2D eigenvalue weighted by atomic mass is 32.2. The average Bonchev–Trinajstić information content (AvgIpc) is 3.14. The van der Waals surface area contributed by atoms with Crippen LogP contribution in [0.3, 0.4) is 0 Å². The highest BCUT2D eigenvalue weighted by Gasteiger charge is 2.21. The first-order valence-corrected chi connectivity index (χ1v) is 18.4. The molecular weight excluding hydrogens is 625 g/mol. The minimum absolute atomic E-state index is 0.0366. The van der Waals surface area contributed by atoms with Crippen LogP contribution in [0.25, 0.3) is 0 Å². The second-order valence-corrected chi connectivity index (χ2v) is 13.9. The Morgan fingerprint density at radius 1 is 0.500 bits per heavy atom. The standard InChI is InChI=1S/C43H40N2OS2/c44-43-37(42(34-20-9-3-10-21-34)35-22-11-4-12-23-35)25-15-27-39(43)47-30-28-40(46)45-29-31-48-38-26-14-13-24-36(38)41(32-16-5-1-6-17-32)33-18-7-2-8-19-33/h1-27,41-42H,28-31,44H2,(H,45,46). The van der Waals surface area contributed by atoms with E-state index in [0.29, 0.717) is 18.7 Å². The Labute approximate surface area is 293 Å². The number of benzene rings is 6. The van der Waals surface area contributed by atoms with Gasteiger partial charge in [0, 0.05) is 51.8 Å². The van der Waals surface area contributed by atoms with E-state index in [-0.39, 0.29) is 17.7 Å². The van der Waals surface area contributed by atoms with Crippen LogP contribution < -0.4 is 11.1 Å². The van der Waals surface area contributed by atoms with Gasteiger partial charge in [-0.1, -0.05) is 152 Å². The van der Waals surface area contributed by atoms with Gasteiger partial charge in [-0.3, -0.25) is 4.79 Å². The third-order valence-corrected chi connectivity index (χ3v) is 10.6. The summed E-state index contributed by atoms with van der Waals surface area (Å²) in [4.78, 5) is 15.1. The summed E-state index contributed by atoms with van der Waals surface area (Å²) in [5.41, 5.74) is 14.9. The van der Waals surface area contributed by atoms with Gasteiger partial charge in [-0.25, -0.2) is 0 Å². The maximum absolute atomic E-state index is 12.9. The number of carbonyl (C=O) groups is 1. The van der Waals surface area contributed by atoms with Crippen LogP contribution in [-0.2, 0) is 4.79 Å². The second-order valence-electron chi connectivity index (χ2n) is 11.6. The van der Waals surface area contributed by atoms with Gasteiger partial charge in [-0.05, 0) is 45.5 Å². The number of hydrogen-bond acceptors (Lipinski definition) is 4. The van der Waals surface area contributed by atoms with Crippen LogP contribution in [0.1, 0.15) is 51.6 Å². The van der Waals surface area contributed by atoms with Gasteiger partial charge in [0.25, 0.3) is 0 Å². The van der Waals surface area contributed by atoms with Crippen molar-refractivity contribution in [2.75, 3.05) is 23.8 Å². The summed E-state index contributed by atoms with van der Waals surface area (Å²) in [7, 11) is 0. The third kappa shape index (κ3) is 8.41. The maximum atomic E-state index is 12.9. The molecule has 3 nitrogen and oxygen atoms in total. The first kappa shape index (κ1) is 33.2. The lowest BCUT2D eigenvalue weighted by Gasteiger charge is -2.22. The van der Waals surface area contributed by atoms with Gasteiger partial charge >= 0.3 is 0 Å². The molecule has 0 aliphatic heterocycles. The van der Waals surface area contributed by atoms with E-state index < -0.39 is 0 Å². The molecule has 0 aliphatic carbocycles. The summed E-state index contributed by atoms with van der Waals surface area (Å²) in [6, 6.07) is 57.2. The Morgan fingerprint density at radius 3 is 1.46 bits per heavy atom. The highest BCUT2D eigenvalue weighted by molar-refractivity contribution is 7.99. The van der Waals surface area contributed by atoms with Crippen molar-refractivity contribution in [1.29, 1.82) is 0 Å². The minimum atomic E-state index is 0.0366. The Bertz CT molecular complexity index is 1800. The lowest BCUT2D eigenvalue weighted by molar-refractivity contribution is -0.120. The molecule has 0 atom stereocenters. The number of thioether (sulfide) groups is 2. The number of para-hydroxylation sites is 1. The minimum Gasteiger partial charge on any atom is -0.398 e. The molecule has 6 aromatic rings. The normalized spacial score (nSPS) is 11.1. The molecule has 0 saturated heterocycles. The number of nitrogen functional groups attached to an aromatic ring is 1. The van der Waals surface area contributed by atoms with Crippen LogP contribution in [0.15, 0.2) is 174 Å². The van der Waals surface area contributed by atoms with Gasteiger partial charge in [-0.2, -0.15) is 0 Å². The zero-order chi connectivity index (χ0) is 33.0. The van der Waals surface area contributed by atoms with Crippen LogP contribution in [0.2, 0.25) is 0 Å². The molecule has 0 radical (unpaired) electrons. The molecular formula is C43H40N2OS2. The smallest absolute Gasteiger partial charge is 0.220 e. The zero-order valence-corrected chi connectivity index (χ0v) is 28.5. The number of nitrogens with one attached hydrogen (secondary N) is 1. The average molecular weight is 665 g/mol. The molecule has 0 aromatic heterocycles. The molecule has 0 fully saturated rings. The Morgan fingerprint density at radius 2 is 0.917 bits per heavy atom. The fourth-order valence-corrected chi connectivity index (χ4v) is 8.07. The number of anilines is 1. The van der Waals surface area contributed by atoms with Crippen molar-refractivity contribution >= 4 is 35.1 Å². The van der Waals surface area contributed by atoms with Gasteiger partial charge in [0.05, 0.1) is 0 Å². The van der Waals surface area contributed by atoms with Crippen molar-refractivity contribution in [2.24, 2.45) is 0 Å². The van der Waals surface area contributed by atoms with Crippen molar-refractivity contribution in [2.45, 2.75) is 28.0 Å². The van der Waals surface area contributed by atoms with Crippen molar-refractivity contribution < 1.29 is 4.79 Å². The molecule has 1 amide bonds. The summed E-state index contributed by atoms with van der Waals surface area (Å²) in [5.74, 6) is 1.69. The molecule has 0 heterocycles. The lowest BCUT2D eigenvalue weighted by atomic mass is 9.84. The number of carbonyl (C=O) groups excluding carboxylic acids is 1. The van der Waals surface area contributed by atoms with Crippen molar-refractivity contribution in [3.8, 4) is 0 Å². The molecule has 5 heteroatoms. The summed E-state index contributed by atoms with van der Waals surface area (Å²) in [6.07, 6.45) is 0.431. The Hall–Kier alpha value is -4.71. The molecule has 240 valence electrons. The molecule has 3 N–H and O–H groups in total. The molecule has 0 bridgehead atoms. The third-order valence-electron chi connectivity index (χ3n) is 8.44. The molecule has 48 heavy (non-hydrogen) atoms. The van der Waals surface area contributed by atoms with Crippen LogP contribution >= 0.6 is 23.5 Å². The molecule has 6 rings (SSSR count). The predicted molar refractivity (Wildman–Crippen MR) is 204 cm³/mol. The van der Waals surface area contributed by atoms with E-state index in [0.717, 1.165) is 21.9 Å². The SMILES string of the molecule is Nc1c(SCCC(=O)NCCSc2ccccc2C(c2ccccc2)c2ccccc2)cccc1C(c1ccccc1)c1ccccc1. The van der Waals surface area contributed by atoms with E-state index >= 15 is 0 Å². The van der Waals surface area contributed by atoms with Crippen LogP contribution in [0.5, 0.6) is 0 Å². The van der Waals surface area contributed by atoms with Crippen LogP contribution in [0, 0.1) is 0 Å². The maximum Gasteiger partial charge on any atom is 0.220 e. The van der Waals surface area contributed by atoms with E-state index in [4.69, 9.17) is 5.73 Å². The van der Waals surface area contributed by atoms with E-state index in [1.165, 1.54) is 32.7 Å². The number of rotatable bonds is 14. The van der Waals surface area contributed by atoms with Gasteiger partial charge < -0.3 is 11.1 Å². The summed E-state index contributed by atoms with van der Waals surface area (Å²) >= 11 is 3.44. The fraction of sp³-hybridized carbons (Fsp3) is 0.140. The van der Waals surface area contributed by atoms with E-state index in [9.17, 15) is 4.79 Å². The van der Waals surface area contributed by atoms with Crippen molar-refractivity contribution in [3.05, 3.63) is 197 Å². The monoisotopic (exact) mass is 664 g/mol. The number of nitrogens with two attached hydrogens (primary N) is 1. The summed E-state index contributed by atoms with van der Waals surface area (Å²) < 4.78 is 0. The molecule has 6 aromatic carbocycles. The van der Waals surface area contributed by atoms with Gasteiger partial charge in [0.2, 0.25) is 5.91 Å². The van der Waals surface area contributed by atoms with Gasteiger partial charge in [0.1, 0.15) is 0 Å². The van der Waals surface area contributed by atoms with Gasteiger partial charge in [-0.15, -0.1) is 23.5 Å². The first-order valence-electron chi connectivity index (χ1n) is 16.4. The second kappa shape index (κ2) is 16.9. The molecule has 0 unspecified atom stereocenters. The quantitative estimate of drug-likeness (QED) is 0.0527. The summed E-state index contributed by atoms with van der Waals surface area (Å²) in [5, 5.41) is 3.13. The largest absolute Gasteiger partial charge is 0.398 e. The predicted octanol–water partition coefficient (Wildman–Crippen LogP) is 10.0. The molecule has 0 spiro atoms. The molecule has 0 saturated carbocycles. The Kier molecular flexibility index (Phi) is 11.7. The number of amides is 1. The summed E-state index contributed by atoms with van der Waals surface area (Å²) in [6.45, 7) is 0.608. The Balaban J connectivity index is 1.05. The van der Waals surface area contributed by atoms with Crippen molar-refractivity contribution in [3.63, 3.8) is 0 Å². The van der Waals surface area contributed by atoms with Crippen LogP contribution in [-0.4, -0.2) is 24.0 Å². The highest BCUT2D eigenvalue weighted by Crippen LogP contribution is 2.40. The topological polar surface area (TPSA) is 55.1 Å². The van der Waals surface area contributed by atoms with Gasteiger partial charge in [0.15, 0.2) is 0 Å². The lowest BCUT2D eigenvalue weighted by Crippen LogP contribution is -2.26. The van der Waals surface area contributed by atoms with E-state index in [1.54, 1.807) is 23.5 Å². The zero-order valence-electron chi connectivity index (χ0n) is 26.9. The van der Waals surface area contributed by atoms with E-state index in [2.05, 4.69) is 157 Å². The fourth-order valence-electron chi connectivity index (χ4n) is 6.17. The van der Waals surface area contributed by atoms with E-state index in [1.807, 2.05) is 12.1 Å². The van der Waals surface area contributed by atoms with Crippen LogP contribution in [0.4, 0.5) is 5.69 Å². The first-order chi connectivity index (χ1) is 23.7. The van der Waals surface area contributed by atoms with Crippen molar-refractivity contribution in [1.82, 2.24) is 5.32 Å². The molecule has 0 aliphatic rings.